The number of hydrogen-bond acceptors (Lipinski definition) is 5. The third kappa shape index (κ3) is 6.51. The van der Waals surface area contributed by atoms with E-state index in [0.717, 1.165) is 18.7 Å². The second-order valence-electron chi connectivity index (χ2n) is 5.19. The molecule has 0 spiro atoms. The summed E-state index contributed by atoms with van der Waals surface area (Å²) < 4.78 is 5.65. The lowest BCUT2D eigenvalue weighted by Crippen LogP contribution is -2.36. The topological polar surface area (TPSA) is 41.5 Å². The number of ether oxygens (including phenoxy) is 1. The van der Waals surface area contributed by atoms with E-state index in [1.165, 1.54) is 22.8 Å². The lowest BCUT2D eigenvalue weighted by atomic mass is 10.2. The van der Waals surface area contributed by atoms with E-state index in [2.05, 4.69) is 18.3 Å². The normalized spacial score (nSPS) is 20.2. The summed E-state index contributed by atoms with van der Waals surface area (Å²) >= 11 is 4.06. The Bertz CT molecular complexity index is 411. The van der Waals surface area contributed by atoms with E-state index in [4.69, 9.17) is 4.74 Å². The average Bonchev–Trinajstić information content (AvgIpc) is 2.54. The Morgan fingerprint density at radius 2 is 2.33 bits per heavy atom. The van der Waals surface area contributed by atoms with Gasteiger partial charge in [-0.05, 0) is 24.1 Å². The Hall–Kier alpha value is -0.360. The van der Waals surface area contributed by atoms with Crippen LogP contribution >= 0.6 is 23.5 Å². The van der Waals surface area contributed by atoms with E-state index < -0.39 is 6.10 Å². The Labute approximate surface area is 136 Å². The maximum Gasteiger partial charge on any atom is 0.119 e. The molecule has 1 aliphatic rings. The van der Waals surface area contributed by atoms with E-state index in [-0.39, 0.29) is 0 Å². The van der Waals surface area contributed by atoms with Crippen LogP contribution in [-0.2, 0) is 6.42 Å². The van der Waals surface area contributed by atoms with Crippen molar-refractivity contribution in [3.63, 3.8) is 0 Å². The van der Waals surface area contributed by atoms with Crippen molar-refractivity contribution in [3.8, 4) is 5.75 Å². The third-order valence-corrected chi connectivity index (χ3v) is 6.23. The minimum atomic E-state index is -0.462. The van der Waals surface area contributed by atoms with E-state index in [1.54, 1.807) is 0 Å². The van der Waals surface area contributed by atoms with Gasteiger partial charge in [-0.3, -0.25) is 0 Å². The molecular formula is C16H25NO2S2. The summed E-state index contributed by atoms with van der Waals surface area (Å²) in [7, 11) is 0. The summed E-state index contributed by atoms with van der Waals surface area (Å²) in [6.07, 6.45) is 0.537. The first-order valence-electron chi connectivity index (χ1n) is 7.57. The van der Waals surface area contributed by atoms with Crippen molar-refractivity contribution in [3.05, 3.63) is 29.8 Å². The summed E-state index contributed by atoms with van der Waals surface area (Å²) in [5, 5.41) is 14.0. The van der Waals surface area contributed by atoms with Crippen LogP contribution in [0.1, 0.15) is 12.5 Å². The van der Waals surface area contributed by atoms with Gasteiger partial charge in [-0.1, -0.05) is 19.1 Å². The first kappa shape index (κ1) is 17.0. The van der Waals surface area contributed by atoms with Crippen LogP contribution in [0.15, 0.2) is 24.3 Å². The molecule has 118 valence electrons. The van der Waals surface area contributed by atoms with Gasteiger partial charge in [-0.25, -0.2) is 0 Å². The number of nitrogens with one attached hydrogen (secondary N) is 1. The molecule has 1 aromatic carbocycles. The molecule has 2 rings (SSSR count). The highest BCUT2D eigenvalue weighted by atomic mass is 32.2. The van der Waals surface area contributed by atoms with Crippen LogP contribution in [0.4, 0.5) is 0 Å². The molecule has 0 radical (unpaired) electrons. The van der Waals surface area contributed by atoms with Gasteiger partial charge in [0.15, 0.2) is 0 Å². The summed E-state index contributed by atoms with van der Waals surface area (Å²) in [5.41, 5.74) is 1.26. The van der Waals surface area contributed by atoms with Gasteiger partial charge in [0.2, 0.25) is 0 Å². The van der Waals surface area contributed by atoms with Crippen molar-refractivity contribution >= 4 is 23.5 Å². The SMILES string of the molecule is CCc1cccc(OCC(O)CNCC2CSCCS2)c1. The fraction of sp³-hybridized carbons (Fsp3) is 0.625. The van der Waals surface area contributed by atoms with E-state index in [9.17, 15) is 5.11 Å². The van der Waals surface area contributed by atoms with Crippen LogP contribution in [0.5, 0.6) is 5.75 Å². The predicted molar refractivity (Wildman–Crippen MR) is 93.8 cm³/mol. The highest BCUT2D eigenvalue weighted by molar-refractivity contribution is 8.06. The molecular weight excluding hydrogens is 302 g/mol. The highest BCUT2D eigenvalue weighted by Gasteiger charge is 2.14. The molecule has 0 aromatic heterocycles. The number of aliphatic hydroxyl groups excluding tert-OH is 1. The molecule has 21 heavy (non-hydrogen) atoms. The minimum Gasteiger partial charge on any atom is -0.491 e. The zero-order valence-electron chi connectivity index (χ0n) is 12.6. The quantitative estimate of drug-likeness (QED) is 0.767. The predicted octanol–water partition coefficient (Wildman–Crippen LogP) is 2.43. The Kier molecular flexibility index (Phi) is 7.78. The molecule has 0 aliphatic carbocycles. The van der Waals surface area contributed by atoms with Gasteiger partial charge in [0, 0.05) is 35.6 Å². The van der Waals surface area contributed by atoms with Gasteiger partial charge in [0.25, 0.3) is 0 Å². The summed E-state index contributed by atoms with van der Waals surface area (Å²) in [4.78, 5) is 0. The fourth-order valence-corrected chi connectivity index (χ4v) is 4.82. The van der Waals surface area contributed by atoms with Crippen molar-refractivity contribution in [2.75, 3.05) is 37.0 Å². The third-order valence-electron chi connectivity index (χ3n) is 3.39. The maximum atomic E-state index is 9.97. The first-order valence-corrected chi connectivity index (χ1v) is 9.78. The Morgan fingerprint density at radius 1 is 1.43 bits per heavy atom. The maximum absolute atomic E-state index is 9.97. The Balaban J connectivity index is 1.61. The van der Waals surface area contributed by atoms with Gasteiger partial charge in [-0.2, -0.15) is 23.5 Å². The lowest BCUT2D eigenvalue weighted by Gasteiger charge is -2.22. The van der Waals surface area contributed by atoms with Crippen LogP contribution in [0.25, 0.3) is 0 Å². The number of rotatable bonds is 8. The number of aryl methyl sites for hydroxylation is 1. The molecule has 2 atom stereocenters. The lowest BCUT2D eigenvalue weighted by molar-refractivity contribution is 0.106. The summed E-state index contributed by atoms with van der Waals surface area (Å²) in [6.45, 7) is 4.03. The second-order valence-corrected chi connectivity index (χ2v) is 7.75. The molecule has 1 aliphatic heterocycles. The summed E-state index contributed by atoms with van der Waals surface area (Å²) in [5.74, 6) is 4.58. The van der Waals surface area contributed by atoms with Gasteiger partial charge in [0.05, 0.1) is 0 Å². The molecule has 2 N–H and O–H groups in total. The zero-order valence-corrected chi connectivity index (χ0v) is 14.2. The Morgan fingerprint density at radius 3 is 3.10 bits per heavy atom. The number of benzene rings is 1. The number of thioether (sulfide) groups is 2. The van der Waals surface area contributed by atoms with Crippen molar-refractivity contribution in [1.82, 2.24) is 5.32 Å². The largest absolute Gasteiger partial charge is 0.491 e. The zero-order chi connectivity index (χ0) is 14.9. The average molecular weight is 328 g/mol. The van der Waals surface area contributed by atoms with Crippen molar-refractivity contribution in [1.29, 1.82) is 0 Å². The molecule has 2 unspecified atom stereocenters. The summed E-state index contributed by atoms with van der Waals surface area (Å²) in [6, 6.07) is 8.06. The highest BCUT2D eigenvalue weighted by Crippen LogP contribution is 2.23. The molecule has 0 bridgehead atoms. The van der Waals surface area contributed by atoms with Crippen molar-refractivity contribution in [2.24, 2.45) is 0 Å². The van der Waals surface area contributed by atoms with E-state index >= 15 is 0 Å². The van der Waals surface area contributed by atoms with Gasteiger partial charge < -0.3 is 15.2 Å². The smallest absolute Gasteiger partial charge is 0.119 e. The van der Waals surface area contributed by atoms with Crippen molar-refractivity contribution in [2.45, 2.75) is 24.7 Å². The van der Waals surface area contributed by atoms with E-state index in [0.29, 0.717) is 18.4 Å². The molecule has 1 saturated heterocycles. The second kappa shape index (κ2) is 9.62. The van der Waals surface area contributed by atoms with Crippen molar-refractivity contribution < 1.29 is 9.84 Å². The molecule has 1 fully saturated rings. The number of aliphatic hydroxyl groups is 1. The fourth-order valence-electron chi connectivity index (χ4n) is 2.17. The van der Waals surface area contributed by atoms with Gasteiger partial charge in [-0.15, -0.1) is 0 Å². The van der Waals surface area contributed by atoms with Crippen LogP contribution in [0.2, 0.25) is 0 Å². The number of hydrogen-bond donors (Lipinski definition) is 2. The molecule has 3 nitrogen and oxygen atoms in total. The molecule has 1 aromatic rings. The van der Waals surface area contributed by atoms with Crippen LogP contribution < -0.4 is 10.1 Å². The molecule has 0 saturated carbocycles. The molecule has 5 heteroatoms. The van der Waals surface area contributed by atoms with Crippen LogP contribution in [0.3, 0.4) is 0 Å². The minimum absolute atomic E-state index is 0.340. The molecule has 1 heterocycles. The van der Waals surface area contributed by atoms with Crippen LogP contribution in [-0.4, -0.2) is 53.4 Å². The molecule has 0 amide bonds. The standard InChI is InChI=1S/C16H25NO2S2/c1-2-13-4-3-5-15(8-13)19-11-14(18)9-17-10-16-12-20-6-7-21-16/h3-5,8,14,16-18H,2,6-7,9-12H2,1H3. The monoisotopic (exact) mass is 327 g/mol. The van der Waals surface area contributed by atoms with E-state index in [1.807, 2.05) is 41.7 Å². The van der Waals surface area contributed by atoms with Gasteiger partial charge >= 0.3 is 0 Å². The van der Waals surface area contributed by atoms with Crippen LogP contribution in [0, 0.1) is 0 Å². The first-order chi connectivity index (χ1) is 10.3. The van der Waals surface area contributed by atoms with Gasteiger partial charge in [0.1, 0.15) is 18.5 Å².